The third-order valence-corrected chi connectivity index (χ3v) is 4.74. The standard InChI is InChI=1S/C24H16F4N4O2/c25-20-9-5-4-8-18(20)22-31-21(30-15-6-2-1-3-7-15)19(14-29)23(33)32(22)16-10-12-17(13-11-16)34-24(26,27)28/h1-14,29-30H. The topological polar surface area (TPSA) is 80.0 Å². The maximum absolute atomic E-state index is 14.7. The highest BCUT2D eigenvalue weighted by atomic mass is 19.4. The maximum atomic E-state index is 14.7. The van der Waals surface area contributed by atoms with Gasteiger partial charge in [0.2, 0.25) is 0 Å². The molecule has 0 aliphatic rings. The first kappa shape index (κ1) is 22.7. The fourth-order valence-corrected chi connectivity index (χ4v) is 3.28. The average molecular weight is 468 g/mol. The maximum Gasteiger partial charge on any atom is 0.573 e. The Kier molecular flexibility index (Phi) is 6.13. The SMILES string of the molecule is N=Cc1c(Nc2ccccc2)nc(-c2ccccc2F)n(-c2ccc(OC(F)(F)F)cc2)c1=O. The molecule has 0 bridgehead atoms. The van der Waals surface area contributed by atoms with Crippen LogP contribution in [0.3, 0.4) is 0 Å². The van der Waals surface area contributed by atoms with Crippen molar-refractivity contribution in [3.05, 3.63) is 101 Å². The zero-order chi connectivity index (χ0) is 24.3. The number of para-hydroxylation sites is 1. The van der Waals surface area contributed by atoms with Crippen LogP contribution < -0.4 is 15.6 Å². The zero-order valence-electron chi connectivity index (χ0n) is 17.3. The van der Waals surface area contributed by atoms with Crippen molar-refractivity contribution in [2.24, 2.45) is 0 Å². The second-order valence-electron chi connectivity index (χ2n) is 7.00. The number of nitrogens with one attached hydrogen (secondary N) is 2. The van der Waals surface area contributed by atoms with E-state index in [1.54, 1.807) is 36.4 Å². The molecule has 0 amide bonds. The average Bonchev–Trinajstić information content (AvgIpc) is 2.80. The lowest BCUT2D eigenvalue weighted by atomic mass is 10.1. The predicted molar refractivity (Wildman–Crippen MR) is 120 cm³/mol. The number of halogens is 4. The lowest BCUT2D eigenvalue weighted by molar-refractivity contribution is -0.274. The van der Waals surface area contributed by atoms with Gasteiger partial charge in [0, 0.05) is 11.9 Å². The summed E-state index contributed by atoms with van der Waals surface area (Å²) in [5, 5.41) is 10.7. The van der Waals surface area contributed by atoms with Gasteiger partial charge in [0.25, 0.3) is 5.56 Å². The number of rotatable bonds is 6. The van der Waals surface area contributed by atoms with Crippen LogP contribution in [-0.2, 0) is 0 Å². The summed E-state index contributed by atoms with van der Waals surface area (Å²) in [6.07, 6.45) is -4.07. The molecule has 34 heavy (non-hydrogen) atoms. The second-order valence-corrected chi connectivity index (χ2v) is 7.00. The monoisotopic (exact) mass is 468 g/mol. The number of aromatic nitrogens is 2. The van der Waals surface area contributed by atoms with Crippen LogP contribution in [0.15, 0.2) is 83.7 Å². The summed E-state index contributed by atoms with van der Waals surface area (Å²) in [6, 6.07) is 18.9. The van der Waals surface area contributed by atoms with Crippen molar-refractivity contribution in [3.8, 4) is 22.8 Å². The van der Waals surface area contributed by atoms with E-state index in [2.05, 4.69) is 15.0 Å². The molecule has 4 rings (SSSR count). The molecule has 1 aromatic heterocycles. The van der Waals surface area contributed by atoms with Gasteiger partial charge < -0.3 is 15.5 Å². The lowest BCUT2D eigenvalue weighted by Gasteiger charge is -2.17. The van der Waals surface area contributed by atoms with E-state index in [4.69, 9.17) is 5.41 Å². The smallest absolute Gasteiger partial charge is 0.406 e. The Morgan fingerprint density at radius 3 is 2.21 bits per heavy atom. The number of benzene rings is 3. The molecular formula is C24H16F4N4O2. The van der Waals surface area contributed by atoms with Crippen LogP contribution in [0.1, 0.15) is 5.56 Å². The number of hydrogen-bond acceptors (Lipinski definition) is 5. The summed E-state index contributed by atoms with van der Waals surface area (Å²) in [4.78, 5) is 17.9. The van der Waals surface area contributed by atoms with Crippen molar-refractivity contribution in [3.63, 3.8) is 0 Å². The molecule has 2 N–H and O–H groups in total. The van der Waals surface area contributed by atoms with E-state index in [9.17, 15) is 22.4 Å². The van der Waals surface area contributed by atoms with Gasteiger partial charge in [-0.05, 0) is 48.5 Å². The van der Waals surface area contributed by atoms with Gasteiger partial charge in [-0.1, -0.05) is 30.3 Å². The first-order chi connectivity index (χ1) is 16.3. The highest BCUT2D eigenvalue weighted by molar-refractivity contribution is 5.86. The van der Waals surface area contributed by atoms with Gasteiger partial charge in [0.1, 0.15) is 22.9 Å². The molecule has 10 heteroatoms. The van der Waals surface area contributed by atoms with Gasteiger partial charge >= 0.3 is 6.36 Å². The summed E-state index contributed by atoms with van der Waals surface area (Å²) >= 11 is 0. The van der Waals surface area contributed by atoms with Gasteiger partial charge in [-0.2, -0.15) is 0 Å². The number of ether oxygens (including phenoxy) is 1. The third-order valence-electron chi connectivity index (χ3n) is 4.74. The van der Waals surface area contributed by atoms with Gasteiger partial charge in [-0.25, -0.2) is 9.37 Å². The minimum Gasteiger partial charge on any atom is -0.406 e. The molecule has 6 nitrogen and oxygen atoms in total. The molecule has 0 fully saturated rings. The quantitative estimate of drug-likeness (QED) is 0.282. The van der Waals surface area contributed by atoms with E-state index in [1.165, 1.54) is 30.3 Å². The van der Waals surface area contributed by atoms with Crippen molar-refractivity contribution in [1.29, 1.82) is 5.41 Å². The normalized spacial score (nSPS) is 11.2. The number of anilines is 2. The number of hydrogen-bond donors (Lipinski definition) is 2. The molecule has 172 valence electrons. The predicted octanol–water partition coefficient (Wildman–Crippen LogP) is 5.68. The van der Waals surface area contributed by atoms with E-state index < -0.39 is 23.5 Å². The summed E-state index contributed by atoms with van der Waals surface area (Å²) < 4.78 is 57.2. The highest BCUT2D eigenvalue weighted by Crippen LogP contribution is 2.28. The molecule has 4 aromatic rings. The minimum atomic E-state index is -4.88. The first-order valence-corrected chi connectivity index (χ1v) is 9.87. The van der Waals surface area contributed by atoms with Gasteiger partial charge in [0.05, 0.1) is 11.3 Å². The summed E-state index contributed by atoms with van der Waals surface area (Å²) in [6.45, 7) is 0. The van der Waals surface area contributed by atoms with Crippen LogP contribution >= 0.6 is 0 Å². The van der Waals surface area contributed by atoms with E-state index in [-0.39, 0.29) is 28.5 Å². The van der Waals surface area contributed by atoms with Crippen molar-refractivity contribution >= 4 is 17.7 Å². The summed E-state index contributed by atoms with van der Waals surface area (Å²) in [5.74, 6) is -1.22. The van der Waals surface area contributed by atoms with E-state index in [1.807, 2.05) is 0 Å². The fraction of sp³-hybridized carbons (Fsp3) is 0.0417. The van der Waals surface area contributed by atoms with Crippen LogP contribution in [0.2, 0.25) is 0 Å². The Bertz CT molecular complexity index is 1390. The summed E-state index contributed by atoms with van der Waals surface area (Å²) in [5.41, 5.74) is -0.156. The first-order valence-electron chi connectivity index (χ1n) is 9.87. The van der Waals surface area contributed by atoms with Crippen molar-refractivity contribution in [1.82, 2.24) is 9.55 Å². The zero-order valence-corrected chi connectivity index (χ0v) is 17.3. The summed E-state index contributed by atoms with van der Waals surface area (Å²) in [7, 11) is 0. The van der Waals surface area contributed by atoms with Gasteiger partial charge in [0.15, 0.2) is 5.82 Å². The fourth-order valence-electron chi connectivity index (χ4n) is 3.28. The molecule has 0 saturated carbocycles. The van der Waals surface area contributed by atoms with Crippen LogP contribution in [-0.4, -0.2) is 22.1 Å². The van der Waals surface area contributed by atoms with Crippen LogP contribution in [0.25, 0.3) is 17.1 Å². The molecule has 1 heterocycles. The molecule has 0 aliphatic heterocycles. The van der Waals surface area contributed by atoms with E-state index >= 15 is 0 Å². The Balaban J connectivity index is 1.92. The number of alkyl halides is 3. The van der Waals surface area contributed by atoms with E-state index in [0.717, 1.165) is 22.9 Å². The molecule has 0 radical (unpaired) electrons. The second kappa shape index (κ2) is 9.18. The molecule has 0 unspecified atom stereocenters. The van der Waals surface area contributed by atoms with E-state index in [0.29, 0.717) is 5.69 Å². The van der Waals surface area contributed by atoms with Crippen LogP contribution in [0.4, 0.5) is 29.1 Å². The van der Waals surface area contributed by atoms with Crippen molar-refractivity contribution in [2.75, 3.05) is 5.32 Å². The molecule has 0 atom stereocenters. The van der Waals surface area contributed by atoms with Gasteiger partial charge in [-0.3, -0.25) is 9.36 Å². The Hall–Kier alpha value is -4.47. The Labute approximate surface area is 190 Å². The molecule has 0 saturated heterocycles. The lowest BCUT2D eigenvalue weighted by Crippen LogP contribution is -2.27. The number of nitrogens with zero attached hydrogens (tertiary/aromatic N) is 2. The minimum absolute atomic E-state index is 0.0112. The van der Waals surface area contributed by atoms with Crippen molar-refractivity contribution in [2.45, 2.75) is 6.36 Å². The Morgan fingerprint density at radius 1 is 0.941 bits per heavy atom. The van der Waals surface area contributed by atoms with Crippen LogP contribution in [0.5, 0.6) is 5.75 Å². The molecule has 3 aromatic carbocycles. The third kappa shape index (κ3) is 4.80. The van der Waals surface area contributed by atoms with Gasteiger partial charge in [-0.15, -0.1) is 13.2 Å². The Morgan fingerprint density at radius 2 is 1.59 bits per heavy atom. The molecule has 0 aliphatic carbocycles. The van der Waals surface area contributed by atoms with Crippen molar-refractivity contribution < 1.29 is 22.3 Å². The molecular weight excluding hydrogens is 452 g/mol. The largest absolute Gasteiger partial charge is 0.573 e. The molecule has 0 spiro atoms. The van der Waals surface area contributed by atoms with Crippen LogP contribution in [0, 0.1) is 11.2 Å². The highest BCUT2D eigenvalue weighted by Gasteiger charge is 2.31.